The molecule has 0 bridgehead atoms. The van der Waals surface area contributed by atoms with E-state index in [1.54, 1.807) is 18.2 Å². The molecule has 22 heavy (non-hydrogen) atoms. The SMILES string of the molecule is [NH3+]Cc1ccc(OC(=O)Oc2ccc3ccccc3c2)cc1. The molecular formula is C18H16NO3+. The highest BCUT2D eigenvalue weighted by Gasteiger charge is 2.08. The first-order chi connectivity index (χ1) is 10.7. The number of fused-ring (bicyclic) bond motifs is 1. The highest BCUT2D eigenvalue weighted by molar-refractivity contribution is 5.84. The summed E-state index contributed by atoms with van der Waals surface area (Å²) in [5.41, 5.74) is 4.87. The summed E-state index contributed by atoms with van der Waals surface area (Å²) in [6.07, 6.45) is -0.752. The van der Waals surface area contributed by atoms with Gasteiger partial charge in [0.1, 0.15) is 11.5 Å². The number of quaternary nitrogens is 1. The van der Waals surface area contributed by atoms with Crippen molar-refractivity contribution < 1.29 is 20.0 Å². The minimum absolute atomic E-state index is 0.447. The first-order valence-electron chi connectivity index (χ1n) is 7.01. The second-order valence-corrected chi connectivity index (χ2v) is 4.86. The molecule has 0 spiro atoms. The Morgan fingerprint density at radius 1 is 0.818 bits per heavy atom. The number of carbonyl (C=O) groups is 1. The summed E-state index contributed by atoms with van der Waals surface area (Å²) in [5.74, 6) is 0.904. The summed E-state index contributed by atoms with van der Waals surface area (Å²) in [5, 5.41) is 2.10. The van der Waals surface area contributed by atoms with Crippen molar-refractivity contribution in [3.8, 4) is 11.5 Å². The first kappa shape index (κ1) is 14.1. The topological polar surface area (TPSA) is 63.2 Å². The van der Waals surface area contributed by atoms with Crippen molar-refractivity contribution in [1.82, 2.24) is 0 Å². The van der Waals surface area contributed by atoms with E-state index in [9.17, 15) is 4.79 Å². The van der Waals surface area contributed by atoms with E-state index in [1.165, 1.54) is 0 Å². The van der Waals surface area contributed by atoms with Crippen LogP contribution in [0.1, 0.15) is 5.56 Å². The van der Waals surface area contributed by atoms with Gasteiger partial charge in [0.25, 0.3) is 0 Å². The molecule has 0 heterocycles. The second-order valence-electron chi connectivity index (χ2n) is 4.86. The van der Waals surface area contributed by atoms with Crippen LogP contribution in [-0.4, -0.2) is 6.16 Å². The van der Waals surface area contributed by atoms with Gasteiger partial charge in [0.15, 0.2) is 0 Å². The zero-order valence-electron chi connectivity index (χ0n) is 12.0. The third-order valence-electron chi connectivity index (χ3n) is 3.34. The van der Waals surface area contributed by atoms with Crippen LogP contribution in [0.25, 0.3) is 10.8 Å². The first-order valence-corrected chi connectivity index (χ1v) is 7.01. The predicted molar refractivity (Wildman–Crippen MR) is 83.6 cm³/mol. The minimum Gasteiger partial charge on any atom is -0.395 e. The van der Waals surface area contributed by atoms with Crippen LogP contribution in [0.2, 0.25) is 0 Å². The Bertz CT molecular complexity index is 797. The lowest BCUT2D eigenvalue weighted by atomic mass is 10.1. The molecule has 0 aliphatic heterocycles. The lowest BCUT2D eigenvalue weighted by Crippen LogP contribution is -2.47. The molecule has 3 aromatic carbocycles. The predicted octanol–water partition coefficient (Wildman–Crippen LogP) is 3.16. The molecule has 3 aromatic rings. The smallest absolute Gasteiger partial charge is 0.395 e. The Morgan fingerprint density at radius 3 is 2.18 bits per heavy atom. The molecule has 3 N–H and O–H groups in total. The van der Waals surface area contributed by atoms with E-state index in [-0.39, 0.29) is 0 Å². The zero-order valence-corrected chi connectivity index (χ0v) is 12.0. The largest absolute Gasteiger partial charge is 0.519 e. The fraction of sp³-hybridized carbons (Fsp3) is 0.0556. The third kappa shape index (κ3) is 3.24. The van der Waals surface area contributed by atoms with Crippen molar-refractivity contribution in [2.24, 2.45) is 0 Å². The molecule has 0 saturated carbocycles. The highest BCUT2D eigenvalue weighted by atomic mass is 16.7. The van der Waals surface area contributed by atoms with Crippen LogP contribution in [0.15, 0.2) is 66.7 Å². The van der Waals surface area contributed by atoms with Crippen molar-refractivity contribution in [1.29, 1.82) is 0 Å². The molecule has 3 rings (SSSR count). The minimum atomic E-state index is -0.752. The second kappa shape index (κ2) is 6.28. The summed E-state index contributed by atoms with van der Waals surface area (Å²) in [7, 11) is 0. The summed E-state index contributed by atoms with van der Waals surface area (Å²) in [6.45, 7) is 0.696. The Morgan fingerprint density at radius 2 is 1.45 bits per heavy atom. The number of carbonyl (C=O) groups excluding carboxylic acids is 1. The van der Waals surface area contributed by atoms with Gasteiger partial charge in [-0.3, -0.25) is 0 Å². The molecule has 4 heteroatoms. The summed E-state index contributed by atoms with van der Waals surface area (Å²) < 4.78 is 10.4. The van der Waals surface area contributed by atoms with E-state index < -0.39 is 6.16 Å². The molecule has 0 atom stereocenters. The van der Waals surface area contributed by atoms with Crippen molar-refractivity contribution in [3.05, 3.63) is 72.3 Å². The summed E-state index contributed by atoms with van der Waals surface area (Å²) in [6, 6.07) is 20.5. The number of rotatable bonds is 3. The fourth-order valence-corrected chi connectivity index (χ4v) is 2.17. The molecule has 0 aliphatic carbocycles. The molecular weight excluding hydrogens is 278 g/mol. The van der Waals surface area contributed by atoms with Crippen LogP contribution in [0.5, 0.6) is 11.5 Å². The van der Waals surface area contributed by atoms with E-state index in [2.05, 4.69) is 5.73 Å². The van der Waals surface area contributed by atoms with Gasteiger partial charge in [-0.25, -0.2) is 4.79 Å². The van der Waals surface area contributed by atoms with Crippen LogP contribution in [0.4, 0.5) is 4.79 Å². The molecule has 110 valence electrons. The summed E-state index contributed by atoms with van der Waals surface area (Å²) >= 11 is 0. The monoisotopic (exact) mass is 294 g/mol. The van der Waals surface area contributed by atoms with E-state index in [1.807, 2.05) is 48.5 Å². The molecule has 0 fully saturated rings. The highest BCUT2D eigenvalue weighted by Crippen LogP contribution is 2.21. The molecule has 4 nitrogen and oxygen atoms in total. The molecule has 0 aromatic heterocycles. The quantitative estimate of drug-likeness (QED) is 0.596. The number of hydrogen-bond donors (Lipinski definition) is 1. The van der Waals surface area contributed by atoms with Gasteiger partial charge in [-0.1, -0.05) is 30.3 Å². The van der Waals surface area contributed by atoms with Gasteiger partial charge in [-0.05, 0) is 47.2 Å². The maximum absolute atomic E-state index is 11.8. The Labute approximate surface area is 128 Å². The van der Waals surface area contributed by atoms with Crippen LogP contribution in [0, 0.1) is 0 Å². The van der Waals surface area contributed by atoms with Crippen molar-refractivity contribution >= 4 is 16.9 Å². The Balaban J connectivity index is 1.69. The van der Waals surface area contributed by atoms with Gasteiger partial charge >= 0.3 is 6.16 Å². The fourth-order valence-electron chi connectivity index (χ4n) is 2.17. The standard InChI is InChI=1S/C18H15NO3/c19-12-13-5-8-16(9-6-13)21-18(20)22-17-10-7-14-3-1-2-4-15(14)11-17/h1-11H,12,19H2/p+1. The third-order valence-corrected chi connectivity index (χ3v) is 3.34. The van der Waals surface area contributed by atoms with E-state index >= 15 is 0 Å². The average Bonchev–Trinajstić information content (AvgIpc) is 2.55. The van der Waals surface area contributed by atoms with Crippen LogP contribution >= 0.6 is 0 Å². The van der Waals surface area contributed by atoms with Gasteiger partial charge in [-0.15, -0.1) is 0 Å². The maximum Gasteiger partial charge on any atom is 0.519 e. The number of benzene rings is 3. The van der Waals surface area contributed by atoms with Crippen molar-refractivity contribution in [2.75, 3.05) is 0 Å². The average molecular weight is 294 g/mol. The van der Waals surface area contributed by atoms with Gasteiger partial charge in [-0.2, -0.15) is 0 Å². The Hall–Kier alpha value is -2.85. The van der Waals surface area contributed by atoms with Gasteiger partial charge in [0.2, 0.25) is 0 Å². The summed E-state index contributed by atoms with van der Waals surface area (Å²) in [4.78, 5) is 11.8. The van der Waals surface area contributed by atoms with Gasteiger partial charge in [0, 0.05) is 5.56 Å². The lowest BCUT2D eigenvalue weighted by molar-refractivity contribution is -0.386. The molecule has 0 amide bonds. The van der Waals surface area contributed by atoms with Gasteiger partial charge < -0.3 is 15.2 Å². The number of ether oxygens (including phenoxy) is 2. The van der Waals surface area contributed by atoms with Crippen LogP contribution < -0.4 is 15.2 Å². The maximum atomic E-state index is 11.8. The van der Waals surface area contributed by atoms with E-state index in [0.29, 0.717) is 18.0 Å². The number of hydrogen-bond acceptors (Lipinski definition) is 3. The Kier molecular flexibility index (Phi) is 4.03. The lowest BCUT2D eigenvalue weighted by Gasteiger charge is -2.06. The van der Waals surface area contributed by atoms with Crippen molar-refractivity contribution in [3.63, 3.8) is 0 Å². The van der Waals surface area contributed by atoms with Crippen LogP contribution in [0.3, 0.4) is 0 Å². The normalized spacial score (nSPS) is 10.4. The van der Waals surface area contributed by atoms with E-state index in [4.69, 9.17) is 9.47 Å². The van der Waals surface area contributed by atoms with Gasteiger partial charge in [0.05, 0.1) is 6.54 Å². The van der Waals surface area contributed by atoms with Crippen molar-refractivity contribution in [2.45, 2.75) is 6.54 Å². The zero-order chi connectivity index (χ0) is 15.4. The molecule has 0 aliphatic rings. The molecule has 0 radical (unpaired) electrons. The van der Waals surface area contributed by atoms with Crippen LogP contribution in [-0.2, 0) is 6.54 Å². The molecule has 0 saturated heterocycles. The molecule has 0 unspecified atom stereocenters. The van der Waals surface area contributed by atoms with E-state index in [0.717, 1.165) is 16.3 Å².